The molecule has 1 aliphatic carbocycles. The molecule has 0 aromatic heterocycles. The SMILES string of the molecule is COC1CC(N(C)C(=O)c2ccccc2S(C)(=O)=O)C1. The number of hydrogen-bond donors (Lipinski definition) is 0. The van der Waals surface area contributed by atoms with Crippen molar-refractivity contribution < 1.29 is 17.9 Å². The largest absolute Gasteiger partial charge is 0.381 e. The molecule has 110 valence electrons. The summed E-state index contributed by atoms with van der Waals surface area (Å²) in [4.78, 5) is 14.2. The van der Waals surface area contributed by atoms with Crippen LogP contribution in [0.3, 0.4) is 0 Å². The first-order valence-electron chi connectivity index (χ1n) is 6.43. The summed E-state index contributed by atoms with van der Waals surface area (Å²) in [5.41, 5.74) is 0.235. The predicted octanol–water partition coefficient (Wildman–Crippen LogP) is 1.34. The monoisotopic (exact) mass is 297 g/mol. The van der Waals surface area contributed by atoms with Gasteiger partial charge in [-0.15, -0.1) is 0 Å². The van der Waals surface area contributed by atoms with Crippen molar-refractivity contribution >= 4 is 15.7 Å². The van der Waals surface area contributed by atoms with Crippen LogP contribution < -0.4 is 0 Å². The molecule has 0 saturated heterocycles. The highest BCUT2D eigenvalue weighted by molar-refractivity contribution is 7.90. The van der Waals surface area contributed by atoms with Gasteiger partial charge in [0.25, 0.3) is 5.91 Å². The number of ether oxygens (including phenoxy) is 1. The van der Waals surface area contributed by atoms with E-state index >= 15 is 0 Å². The number of rotatable bonds is 4. The van der Waals surface area contributed by atoms with E-state index in [4.69, 9.17) is 4.74 Å². The van der Waals surface area contributed by atoms with Crippen LogP contribution in [0.5, 0.6) is 0 Å². The fourth-order valence-corrected chi connectivity index (χ4v) is 3.25. The highest BCUT2D eigenvalue weighted by Crippen LogP contribution is 2.28. The molecule has 0 aliphatic heterocycles. The Labute approximate surface area is 119 Å². The number of methoxy groups -OCH3 is 1. The Morgan fingerprint density at radius 3 is 2.45 bits per heavy atom. The second-order valence-corrected chi connectivity index (χ2v) is 7.15. The van der Waals surface area contributed by atoms with E-state index in [-0.39, 0.29) is 28.5 Å². The molecular formula is C14H19NO4S. The van der Waals surface area contributed by atoms with Crippen LogP contribution in [-0.4, -0.2) is 51.8 Å². The van der Waals surface area contributed by atoms with Crippen LogP contribution in [0.25, 0.3) is 0 Å². The van der Waals surface area contributed by atoms with E-state index in [0.29, 0.717) is 0 Å². The Bertz CT molecular complexity index is 605. The second kappa shape index (κ2) is 5.54. The molecule has 1 aromatic carbocycles. The Balaban J connectivity index is 2.22. The lowest BCUT2D eigenvalue weighted by Crippen LogP contribution is -2.48. The van der Waals surface area contributed by atoms with Crippen molar-refractivity contribution in [1.82, 2.24) is 4.90 Å². The molecule has 1 aliphatic rings. The van der Waals surface area contributed by atoms with E-state index in [2.05, 4.69) is 0 Å². The molecule has 0 spiro atoms. The first-order valence-corrected chi connectivity index (χ1v) is 8.32. The maximum absolute atomic E-state index is 12.5. The Morgan fingerprint density at radius 1 is 1.30 bits per heavy atom. The van der Waals surface area contributed by atoms with Crippen LogP contribution in [0.1, 0.15) is 23.2 Å². The van der Waals surface area contributed by atoms with Crippen molar-refractivity contribution in [3.8, 4) is 0 Å². The van der Waals surface area contributed by atoms with Crippen molar-refractivity contribution in [3.63, 3.8) is 0 Å². The lowest BCUT2D eigenvalue weighted by molar-refractivity contribution is -0.0145. The Hall–Kier alpha value is -1.40. The molecule has 1 fully saturated rings. The molecule has 0 radical (unpaired) electrons. The standard InChI is InChI=1S/C14H19NO4S/c1-15(10-8-11(9-10)19-2)14(16)12-6-4-5-7-13(12)20(3,17)18/h4-7,10-11H,8-9H2,1-3H3. The van der Waals surface area contributed by atoms with E-state index in [9.17, 15) is 13.2 Å². The molecule has 6 heteroatoms. The summed E-state index contributed by atoms with van der Waals surface area (Å²) >= 11 is 0. The summed E-state index contributed by atoms with van der Waals surface area (Å²) in [5, 5.41) is 0. The lowest BCUT2D eigenvalue weighted by atomic mass is 9.88. The average molecular weight is 297 g/mol. The summed E-state index contributed by atoms with van der Waals surface area (Å²) in [6.07, 6.45) is 2.89. The first kappa shape index (κ1) is 15.0. The van der Waals surface area contributed by atoms with E-state index in [0.717, 1.165) is 19.1 Å². The molecule has 0 bridgehead atoms. The number of nitrogens with zero attached hydrogens (tertiary/aromatic N) is 1. The van der Waals surface area contributed by atoms with Crippen LogP contribution in [0, 0.1) is 0 Å². The average Bonchev–Trinajstić information content (AvgIpc) is 2.35. The van der Waals surface area contributed by atoms with Gasteiger partial charge in [-0.2, -0.15) is 0 Å². The second-order valence-electron chi connectivity index (χ2n) is 5.17. The molecule has 0 atom stereocenters. The third-order valence-electron chi connectivity index (χ3n) is 3.79. The fourth-order valence-electron chi connectivity index (χ4n) is 2.37. The van der Waals surface area contributed by atoms with Crippen LogP contribution in [-0.2, 0) is 14.6 Å². The quantitative estimate of drug-likeness (QED) is 0.841. The smallest absolute Gasteiger partial charge is 0.255 e. The van der Waals surface area contributed by atoms with Gasteiger partial charge in [0.1, 0.15) is 0 Å². The summed E-state index contributed by atoms with van der Waals surface area (Å²) < 4.78 is 28.7. The van der Waals surface area contributed by atoms with Crippen LogP contribution in [0.2, 0.25) is 0 Å². The van der Waals surface area contributed by atoms with Gasteiger partial charge in [0.15, 0.2) is 9.84 Å². The Kier molecular flexibility index (Phi) is 4.15. The van der Waals surface area contributed by atoms with Crippen molar-refractivity contribution in [1.29, 1.82) is 0 Å². The molecule has 0 heterocycles. The number of carbonyl (C=O) groups is 1. The van der Waals surface area contributed by atoms with Gasteiger partial charge in [0.2, 0.25) is 0 Å². The zero-order valence-corrected chi connectivity index (χ0v) is 12.7. The van der Waals surface area contributed by atoms with Gasteiger partial charge in [-0.1, -0.05) is 12.1 Å². The third-order valence-corrected chi connectivity index (χ3v) is 4.94. The fraction of sp³-hybridized carbons (Fsp3) is 0.500. The highest BCUT2D eigenvalue weighted by Gasteiger charge is 2.35. The van der Waals surface area contributed by atoms with Gasteiger partial charge in [0.05, 0.1) is 16.6 Å². The van der Waals surface area contributed by atoms with Crippen molar-refractivity contribution in [2.45, 2.75) is 29.9 Å². The number of carbonyl (C=O) groups excluding carboxylic acids is 1. The highest BCUT2D eigenvalue weighted by atomic mass is 32.2. The van der Waals surface area contributed by atoms with Gasteiger partial charge in [0, 0.05) is 26.5 Å². The summed E-state index contributed by atoms with van der Waals surface area (Å²) in [6, 6.07) is 6.43. The van der Waals surface area contributed by atoms with Gasteiger partial charge in [-0.25, -0.2) is 8.42 Å². The minimum Gasteiger partial charge on any atom is -0.381 e. The first-order chi connectivity index (χ1) is 9.34. The van der Waals surface area contributed by atoms with Crippen molar-refractivity contribution in [3.05, 3.63) is 29.8 Å². The van der Waals surface area contributed by atoms with Gasteiger partial charge < -0.3 is 9.64 Å². The van der Waals surface area contributed by atoms with Crippen LogP contribution in [0.15, 0.2) is 29.2 Å². The van der Waals surface area contributed by atoms with E-state index < -0.39 is 9.84 Å². The summed E-state index contributed by atoms with van der Waals surface area (Å²) in [6.45, 7) is 0. The number of benzene rings is 1. The minimum absolute atomic E-state index is 0.0828. The normalized spacial score (nSPS) is 22.1. The van der Waals surface area contributed by atoms with E-state index in [1.165, 1.54) is 6.07 Å². The molecule has 0 N–H and O–H groups in total. The number of hydrogen-bond acceptors (Lipinski definition) is 4. The molecule has 1 aromatic rings. The molecule has 1 amide bonds. The predicted molar refractivity (Wildman–Crippen MR) is 75.5 cm³/mol. The number of amides is 1. The van der Waals surface area contributed by atoms with Crippen molar-refractivity contribution in [2.75, 3.05) is 20.4 Å². The van der Waals surface area contributed by atoms with Gasteiger partial charge in [-0.3, -0.25) is 4.79 Å². The zero-order valence-electron chi connectivity index (χ0n) is 11.9. The maximum atomic E-state index is 12.5. The Morgan fingerprint density at radius 2 is 1.90 bits per heavy atom. The number of sulfone groups is 1. The topological polar surface area (TPSA) is 63.7 Å². The molecule has 1 saturated carbocycles. The molecule has 20 heavy (non-hydrogen) atoms. The van der Waals surface area contributed by atoms with Crippen LogP contribution in [0.4, 0.5) is 0 Å². The van der Waals surface area contributed by atoms with Gasteiger partial charge in [-0.05, 0) is 25.0 Å². The maximum Gasteiger partial charge on any atom is 0.255 e. The van der Waals surface area contributed by atoms with Crippen molar-refractivity contribution in [2.24, 2.45) is 0 Å². The zero-order chi connectivity index (χ0) is 14.9. The summed E-state index contributed by atoms with van der Waals surface area (Å²) in [7, 11) is -0.0533. The van der Waals surface area contributed by atoms with Gasteiger partial charge >= 0.3 is 0 Å². The molecule has 5 nitrogen and oxygen atoms in total. The lowest BCUT2D eigenvalue weighted by Gasteiger charge is -2.40. The molecular weight excluding hydrogens is 278 g/mol. The molecule has 2 rings (SSSR count). The summed E-state index contributed by atoms with van der Waals surface area (Å²) in [5.74, 6) is -0.259. The van der Waals surface area contributed by atoms with E-state index in [1.807, 2.05) is 0 Å². The third kappa shape index (κ3) is 2.86. The molecule has 0 unspecified atom stereocenters. The van der Waals surface area contributed by atoms with E-state index in [1.54, 1.807) is 37.3 Å². The minimum atomic E-state index is -3.41. The van der Waals surface area contributed by atoms with Crippen LogP contribution >= 0.6 is 0 Å².